The van der Waals surface area contributed by atoms with Crippen molar-refractivity contribution >= 4 is 43.2 Å². The molecule has 1 N–H and O–H groups in total. The van der Waals surface area contributed by atoms with Crippen molar-refractivity contribution in [2.75, 3.05) is 7.05 Å². The van der Waals surface area contributed by atoms with Crippen LogP contribution in [0.5, 0.6) is 0 Å². The smallest absolute Gasteiger partial charge is 0.0454 e. The molecule has 0 radical (unpaired) electrons. The van der Waals surface area contributed by atoms with Crippen LogP contribution in [-0.4, -0.2) is 7.05 Å². The minimum absolute atomic E-state index is 0.366. The highest BCUT2D eigenvalue weighted by Gasteiger charge is 2.13. The van der Waals surface area contributed by atoms with Crippen molar-refractivity contribution in [2.45, 2.75) is 12.5 Å². The molecule has 1 aromatic carbocycles. The number of nitrogens with one attached hydrogen (secondary N) is 1. The van der Waals surface area contributed by atoms with E-state index in [1.807, 2.05) is 13.1 Å². The summed E-state index contributed by atoms with van der Waals surface area (Å²) >= 11 is 8.88. The zero-order valence-electron chi connectivity index (χ0n) is 9.41. The Labute approximate surface area is 123 Å². The van der Waals surface area contributed by atoms with Crippen molar-refractivity contribution in [1.82, 2.24) is 5.32 Å². The Morgan fingerprint density at radius 3 is 2.65 bits per heavy atom. The molecular formula is C13H13Br2NS. The van der Waals surface area contributed by atoms with Crippen LogP contribution in [0.1, 0.15) is 16.5 Å². The number of halogens is 2. The van der Waals surface area contributed by atoms with E-state index in [1.54, 1.807) is 11.3 Å². The molecule has 1 atom stereocenters. The number of benzene rings is 1. The monoisotopic (exact) mass is 373 g/mol. The second-order valence-corrected chi connectivity index (χ2v) is 6.52. The quantitative estimate of drug-likeness (QED) is 0.812. The highest BCUT2D eigenvalue weighted by atomic mass is 79.9. The van der Waals surface area contributed by atoms with Gasteiger partial charge in [-0.15, -0.1) is 11.3 Å². The Balaban J connectivity index is 2.18. The molecule has 0 aliphatic rings. The molecule has 1 nitrogen and oxygen atoms in total. The molecule has 4 heteroatoms. The van der Waals surface area contributed by atoms with Gasteiger partial charge in [0.25, 0.3) is 0 Å². The SMILES string of the molecule is CNC(Cc1ccccc1Br)c1cc(Br)cs1. The molecule has 1 unspecified atom stereocenters. The maximum Gasteiger partial charge on any atom is 0.0454 e. The summed E-state index contributed by atoms with van der Waals surface area (Å²) in [6, 6.07) is 10.9. The van der Waals surface area contributed by atoms with Gasteiger partial charge in [-0.2, -0.15) is 0 Å². The average molecular weight is 375 g/mol. The molecule has 0 spiro atoms. The number of thiophene rings is 1. The Kier molecular flexibility index (Phi) is 4.79. The minimum atomic E-state index is 0.366. The molecule has 1 aromatic heterocycles. The highest BCUT2D eigenvalue weighted by molar-refractivity contribution is 9.10. The van der Waals surface area contributed by atoms with Gasteiger partial charge in [0.05, 0.1) is 0 Å². The zero-order valence-corrected chi connectivity index (χ0v) is 13.4. The van der Waals surface area contributed by atoms with Crippen LogP contribution >= 0.6 is 43.2 Å². The molecule has 17 heavy (non-hydrogen) atoms. The first-order chi connectivity index (χ1) is 8.20. The normalized spacial score (nSPS) is 12.6. The standard InChI is InChI=1S/C13H13Br2NS/c1-16-12(13-7-10(14)8-17-13)6-9-4-2-3-5-11(9)15/h2-5,7-8,12,16H,6H2,1H3. The van der Waals surface area contributed by atoms with Gasteiger partial charge in [0.15, 0.2) is 0 Å². The van der Waals surface area contributed by atoms with Crippen LogP contribution in [0.2, 0.25) is 0 Å². The van der Waals surface area contributed by atoms with E-state index in [-0.39, 0.29) is 0 Å². The molecule has 0 aliphatic heterocycles. The number of hydrogen-bond donors (Lipinski definition) is 1. The van der Waals surface area contributed by atoms with Gasteiger partial charge >= 0.3 is 0 Å². The van der Waals surface area contributed by atoms with Gasteiger partial charge in [-0.3, -0.25) is 0 Å². The van der Waals surface area contributed by atoms with Gasteiger partial charge in [-0.25, -0.2) is 0 Å². The Morgan fingerprint density at radius 2 is 2.06 bits per heavy atom. The minimum Gasteiger partial charge on any atom is -0.312 e. The molecule has 1 heterocycles. The van der Waals surface area contributed by atoms with Gasteiger partial charge in [0.2, 0.25) is 0 Å². The predicted molar refractivity (Wildman–Crippen MR) is 81.7 cm³/mol. The highest BCUT2D eigenvalue weighted by Crippen LogP contribution is 2.29. The van der Waals surface area contributed by atoms with Crippen molar-refractivity contribution in [3.8, 4) is 0 Å². The lowest BCUT2D eigenvalue weighted by Gasteiger charge is -2.15. The van der Waals surface area contributed by atoms with E-state index in [0.29, 0.717) is 6.04 Å². The lowest BCUT2D eigenvalue weighted by atomic mass is 10.1. The second kappa shape index (κ2) is 6.14. The summed E-state index contributed by atoms with van der Waals surface area (Å²) < 4.78 is 2.33. The zero-order chi connectivity index (χ0) is 12.3. The maximum absolute atomic E-state index is 3.60. The molecule has 0 saturated carbocycles. The van der Waals surface area contributed by atoms with Crippen LogP contribution in [0.25, 0.3) is 0 Å². The van der Waals surface area contributed by atoms with Gasteiger partial charge in [-0.1, -0.05) is 34.1 Å². The summed E-state index contributed by atoms with van der Waals surface area (Å²) in [5, 5.41) is 5.50. The Hall–Kier alpha value is -0.160. The lowest BCUT2D eigenvalue weighted by Crippen LogP contribution is -2.17. The van der Waals surface area contributed by atoms with Crippen molar-refractivity contribution < 1.29 is 0 Å². The third kappa shape index (κ3) is 3.41. The van der Waals surface area contributed by atoms with Crippen molar-refractivity contribution in [1.29, 1.82) is 0 Å². The predicted octanol–water partition coefficient (Wildman–Crippen LogP) is 4.78. The molecule has 2 aromatic rings. The van der Waals surface area contributed by atoms with Crippen LogP contribution in [-0.2, 0) is 6.42 Å². The fourth-order valence-electron chi connectivity index (χ4n) is 1.74. The first-order valence-electron chi connectivity index (χ1n) is 5.35. The summed E-state index contributed by atoms with van der Waals surface area (Å²) in [5.41, 5.74) is 1.33. The van der Waals surface area contributed by atoms with Crippen molar-refractivity contribution in [3.05, 3.63) is 55.1 Å². The summed E-state index contributed by atoms with van der Waals surface area (Å²) in [7, 11) is 2.01. The van der Waals surface area contributed by atoms with Gasteiger partial charge in [0, 0.05) is 25.2 Å². The van der Waals surface area contributed by atoms with Crippen LogP contribution < -0.4 is 5.32 Å². The van der Waals surface area contributed by atoms with Gasteiger partial charge in [-0.05, 0) is 47.1 Å². The molecule has 90 valence electrons. The first kappa shape index (κ1) is 13.3. The maximum atomic E-state index is 3.60. The average Bonchev–Trinajstić information content (AvgIpc) is 2.75. The van der Waals surface area contributed by atoms with Crippen LogP contribution in [0.15, 0.2) is 44.7 Å². The largest absolute Gasteiger partial charge is 0.312 e. The summed E-state index contributed by atoms with van der Waals surface area (Å²) in [6.07, 6.45) is 0.991. The second-order valence-electron chi connectivity index (χ2n) is 3.80. The Bertz CT molecular complexity index is 496. The van der Waals surface area contributed by atoms with E-state index in [0.717, 1.165) is 10.9 Å². The fourth-order valence-corrected chi connectivity index (χ4v) is 3.74. The number of rotatable bonds is 4. The summed E-state index contributed by atoms with van der Waals surface area (Å²) in [5.74, 6) is 0. The van der Waals surface area contributed by atoms with E-state index >= 15 is 0 Å². The molecular weight excluding hydrogens is 362 g/mol. The van der Waals surface area contributed by atoms with E-state index in [9.17, 15) is 0 Å². The molecule has 0 bridgehead atoms. The third-order valence-corrected chi connectivity index (χ3v) is 5.24. The number of likely N-dealkylation sites (N-methyl/N-ethyl adjacent to an activating group) is 1. The topological polar surface area (TPSA) is 12.0 Å². The fraction of sp³-hybridized carbons (Fsp3) is 0.231. The molecule has 2 rings (SSSR count). The molecule has 0 amide bonds. The van der Waals surface area contributed by atoms with E-state index in [2.05, 4.69) is 66.8 Å². The van der Waals surface area contributed by atoms with Crippen LogP contribution in [0.4, 0.5) is 0 Å². The van der Waals surface area contributed by atoms with E-state index in [4.69, 9.17) is 0 Å². The van der Waals surface area contributed by atoms with Gasteiger partial charge in [0.1, 0.15) is 0 Å². The summed E-state index contributed by atoms with van der Waals surface area (Å²) in [4.78, 5) is 1.36. The van der Waals surface area contributed by atoms with Crippen LogP contribution in [0, 0.1) is 0 Å². The summed E-state index contributed by atoms with van der Waals surface area (Å²) in [6.45, 7) is 0. The van der Waals surface area contributed by atoms with Crippen LogP contribution in [0.3, 0.4) is 0 Å². The Morgan fingerprint density at radius 1 is 1.29 bits per heavy atom. The lowest BCUT2D eigenvalue weighted by molar-refractivity contribution is 0.601. The molecule has 0 aliphatic carbocycles. The molecule has 0 fully saturated rings. The first-order valence-corrected chi connectivity index (χ1v) is 7.82. The van der Waals surface area contributed by atoms with Crippen molar-refractivity contribution in [3.63, 3.8) is 0 Å². The van der Waals surface area contributed by atoms with Crippen molar-refractivity contribution in [2.24, 2.45) is 0 Å². The third-order valence-electron chi connectivity index (χ3n) is 2.66. The number of hydrogen-bond acceptors (Lipinski definition) is 2. The van der Waals surface area contributed by atoms with E-state index < -0.39 is 0 Å². The van der Waals surface area contributed by atoms with Gasteiger partial charge < -0.3 is 5.32 Å². The van der Waals surface area contributed by atoms with E-state index in [1.165, 1.54) is 14.9 Å². The molecule has 0 saturated heterocycles.